The Balaban J connectivity index is 1.62. The fraction of sp³-hybridized carbons (Fsp3) is 0.269. The van der Waals surface area contributed by atoms with Gasteiger partial charge in [0.25, 0.3) is 0 Å². The number of guanidine groups is 1. The fourth-order valence-electron chi connectivity index (χ4n) is 4.55. The van der Waals surface area contributed by atoms with Crippen LogP contribution in [0, 0.1) is 0 Å². The van der Waals surface area contributed by atoms with Crippen molar-refractivity contribution >= 4 is 11.9 Å². The molecule has 0 radical (unpaired) electrons. The lowest BCUT2D eigenvalue weighted by Gasteiger charge is -2.41. The lowest BCUT2D eigenvalue weighted by atomic mass is 9.74. The Morgan fingerprint density at radius 1 is 1.00 bits per heavy atom. The van der Waals surface area contributed by atoms with E-state index in [1.807, 2.05) is 43.5 Å². The first-order valence-corrected chi connectivity index (χ1v) is 10.7. The maximum Gasteiger partial charge on any atom is 0.239 e. The smallest absolute Gasteiger partial charge is 0.239 e. The van der Waals surface area contributed by atoms with Crippen molar-refractivity contribution in [3.8, 4) is 11.1 Å². The van der Waals surface area contributed by atoms with Crippen molar-refractivity contribution in [2.45, 2.75) is 37.1 Å². The third-order valence-corrected chi connectivity index (χ3v) is 6.59. The van der Waals surface area contributed by atoms with E-state index in [1.165, 1.54) is 23.3 Å². The number of carbonyl (C=O) groups is 1. The van der Waals surface area contributed by atoms with E-state index in [2.05, 4.69) is 35.3 Å². The molecule has 5 nitrogen and oxygen atoms in total. The summed E-state index contributed by atoms with van der Waals surface area (Å²) >= 11 is 0. The molecule has 2 aromatic carbocycles. The van der Waals surface area contributed by atoms with E-state index in [1.54, 1.807) is 13.2 Å². The molecule has 2 N–H and O–H groups in total. The molecule has 1 aliphatic carbocycles. The number of pyridine rings is 1. The van der Waals surface area contributed by atoms with Crippen LogP contribution in [-0.2, 0) is 10.3 Å². The molecule has 1 unspecified atom stereocenters. The standard InChI is InChI=1S/C26H26N4O/c1-26(22-7-3-5-20(15-22)21-6-4-14-28-16-21)23(24(31)30(2)25(27)29-26)19-12-10-18(11-13-19)17-8-9-17/h3-7,10-17,23H,8-9H2,1-2H3,(H2,27,29)/t23?,26-/m1/s1. The minimum atomic E-state index is -0.813. The average Bonchev–Trinajstić information content (AvgIpc) is 3.64. The van der Waals surface area contributed by atoms with Crippen molar-refractivity contribution in [2.75, 3.05) is 7.05 Å². The van der Waals surface area contributed by atoms with Crippen LogP contribution in [0.15, 0.2) is 78.0 Å². The minimum Gasteiger partial charge on any atom is -0.369 e. The predicted molar refractivity (Wildman–Crippen MR) is 123 cm³/mol. The number of nitrogens with two attached hydrogens (primary N) is 1. The van der Waals surface area contributed by atoms with E-state index in [-0.39, 0.29) is 11.9 Å². The summed E-state index contributed by atoms with van der Waals surface area (Å²) in [5.74, 6) is 0.420. The monoisotopic (exact) mass is 410 g/mol. The van der Waals surface area contributed by atoms with Gasteiger partial charge in [0, 0.05) is 19.4 Å². The van der Waals surface area contributed by atoms with Crippen LogP contribution < -0.4 is 5.73 Å². The van der Waals surface area contributed by atoms with Crippen LogP contribution in [0.5, 0.6) is 0 Å². The second-order valence-electron chi connectivity index (χ2n) is 8.71. The number of rotatable bonds is 4. The maximum absolute atomic E-state index is 13.5. The van der Waals surface area contributed by atoms with Crippen LogP contribution in [0.2, 0.25) is 0 Å². The summed E-state index contributed by atoms with van der Waals surface area (Å²) in [6.45, 7) is 2.01. The van der Waals surface area contributed by atoms with E-state index < -0.39 is 11.5 Å². The van der Waals surface area contributed by atoms with E-state index in [0.717, 1.165) is 22.3 Å². The van der Waals surface area contributed by atoms with Crippen LogP contribution in [0.1, 0.15) is 48.3 Å². The van der Waals surface area contributed by atoms with Crippen molar-refractivity contribution < 1.29 is 4.79 Å². The second kappa shape index (κ2) is 7.34. The predicted octanol–water partition coefficient (Wildman–Crippen LogP) is 4.41. The molecule has 2 atom stereocenters. The topological polar surface area (TPSA) is 71.6 Å². The molecule has 0 spiro atoms. The van der Waals surface area contributed by atoms with Gasteiger partial charge in [-0.05, 0) is 65.6 Å². The molecule has 0 bridgehead atoms. The number of aliphatic imine (C=N–C) groups is 1. The van der Waals surface area contributed by atoms with Gasteiger partial charge in [-0.15, -0.1) is 0 Å². The van der Waals surface area contributed by atoms with Gasteiger partial charge >= 0.3 is 0 Å². The van der Waals surface area contributed by atoms with Gasteiger partial charge in [0.2, 0.25) is 5.91 Å². The number of aromatic nitrogens is 1. The lowest BCUT2D eigenvalue weighted by molar-refractivity contribution is -0.130. The van der Waals surface area contributed by atoms with Crippen molar-refractivity contribution in [1.29, 1.82) is 0 Å². The summed E-state index contributed by atoms with van der Waals surface area (Å²) in [6.07, 6.45) is 6.11. The molecule has 156 valence electrons. The Morgan fingerprint density at radius 3 is 2.39 bits per heavy atom. The van der Waals surface area contributed by atoms with Crippen LogP contribution >= 0.6 is 0 Å². The highest BCUT2D eigenvalue weighted by molar-refractivity contribution is 6.02. The van der Waals surface area contributed by atoms with Gasteiger partial charge in [-0.25, -0.2) is 4.99 Å². The Kier molecular flexibility index (Phi) is 4.62. The number of hydrogen-bond donors (Lipinski definition) is 1. The van der Waals surface area contributed by atoms with Crippen molar-refractivity contribution in [1.82, 2.24) is 9.88 Å². The molecule has 1 amide bonds. The molecule has 5 rings (SSSR count). The van der Waals surface area contributed by atoms with Gasteiger partial charge < -0.3 is 5.73 Å². The number of amides is 1. The van der Waals surface area contributed by atoms with Gasteiger partial charge in [0.1, 0.15) is 5.54 Å². The van der Waals surface area contributed by atoms with E-state index in [9.17, 15) is 4.79 Å². The summed E-state index contributed by atoms with van der Waals surface area (Å²) < 4.78 is 0. The molecule has 2 heterocycles. The minimum absolute atomic E-state index is 0.0408. The summed E-state index contributed by atoms with van der Waals surface area (Å²) in [7, 11) is 1.69. The Bertz CT molecular complexity index is 1150. The Morgan fingerprint density at radius 2 is 1.71 bits per heavy atom. The average molecular weight is 411 g/mol. The van der Waals surface area contributed by atoms with E-state index in [0.29, 0.717) is 5.92 Å². The SMILES string of the molecule is CN1C(=O)C(c2ccc(C3CC3)cc2)[C@@](C)(c2cccc(-c3cccnc3)c2)N=C1N. The number of likely N-dealkylation sites (N-methyl/N-ethyl adjacent to an activating group) is 1. The lowest BCUT2D eigenvalue weighted by Crippen LogP contribution is -2.52. The number of benzene rings is 2. The molecular formula is C26H26N4O. The van der Waals surface area contributed by atoms with Gasteiger partial charge in [0.05, 0.1) is 5.92 Å². The first kappa shape index (κ1) is 19.5. The molecule has 1 aromatic heterocycles. The first-order valence-electron chi connectivity index (χ1n) is 10.7. The second-order valence-corrected chi connectivity index (χ2v) is 8.71. The highest BCUT2D eigenvalue weighted by Gasteiger charge is 2.47. The summed E-state index contributed by atoms with van der Waals surface area (Å²) in [6, 6.07) is 20.6. The zero-order valence-electron chi connectivity index (χ0n) is 17.8. The molecule has 31 heavy (non-hydrogen) atoms. The highest BCUT2D eigenvalue weighted by atomic mass is 16.2. The number of carbonyl (C=O) groups excluding carboxylic acids is 1. The molecule has 2 aliphatic rings. The molecule has 5 heteroatoms. The summed E-state index contributed by atoms with van der Waals surface area (Å²) in [5, 5.41) is 0. The molecule has 3 aromatic rings. The summed E-state index contributed by atoms with van der Waals surface area (Å²) in [5.41, 5.74) is 10.7. The van der Waals surface area contributed by atoms with Crippen LogP contribution in [0.4, 0.5) is 0 Å². The zero-order valence-corrected chi connectivity index (χ0v) is 17.8. The zero-order chi connectivity index (χ0) is 21.6. The van der Waals surface area contributed by atoms with Gasteiger partial charge in [-0.2, -0.15) is 0 Å². The van der Waals surface area contributed by atoms with E-state index in [4.69, 9.17) is 10.7 Å². The summed E-state index contributed by atoms with van der Waals surface area (Å²) in [4.78, 5) is 24.0. The number of hydrogen-bond acceptors (Lipinski definition) is 4. The molecule has 0 saturated heterocycles. The Labute approximate surface area is 182 Å². The first-order chi connectivity index (χ1) is 15.0. The number of nitrogens with zero attached hydrogens (tertiary/aromatic N) is 3. The maximum atomic E-state index is 13.5. The van der Waals surface area contributed by atoms with Crippen molar-refractivity contribution in [2.24, 2.45) is 10.7 Å². The molecule has 1 saturated carbocycles. The quantitative estimate of drug-likeness (QED) is 0.692. The van der Waals surface area contributed by atoms with Crippen molar-refractivity contribution in [3.63, 3.8) is 0 Å². The third kappa shape index (κ3) is 3.40. The van der Waals surface area contributed by atoms with Gasteiger partial charge in [0.15, 0.2) is 5.96 Å². The highest BCUT2D eigenvalue weighted by Crippen LogP contribution is 2.46. The largest absolute Gasteiger partial charge is 0.369 e. The molecule has 1 fully saturated rings. The van der Waals surface area contributed by atoms with E-state index >= 15 is 0 Å². The van der Waals surface area contributed by atoms with Gasteiger partial charge in [-0.3, -0.25) is 14.7 Å². The third-order valence-electron chi connectivity index (χ3n) is 6.59. The Hall–Kier alpha value is -3.47. The van der Waals surface area contributed by atoms with Crippen LogP contribution in [0.3, 0.4) is 0 Å². The molecule has 1 aliphatic heterocycles. The van der Waals surface area contributed by atoms with Crippen molar-refractivity contribution in [3.05, 3.63) is 89.7 Å². The van der Waals surface area contributed by atoms with Crippen LogP contribution in [0.25, 0.3) is 11.1 Å². The van der Waals surface area contributed by atoms with Gasteiger partial charge in [-0.1, -0.05) is 48.5 Å². The fourth-order valence-corrected chi connectivity index (χ4v) is 4.55. The normalized spacial score (nSPS) is 23.5. The molecular weight excluding hydrogens is 384 g/mol. The van der Waals surface area contributed by atoms with Crippen LogP contribution in [-0.4, -0.2) is 28.8 Å².